The van der Waals surface area contributed by atoms with Crippen LogP contribution in [0.25, 0.3) is 10.9 Å². The fraction of sp³-hybridized carbons (Fsp3) is 0.0625. The molecule has 0 unspecified atom stereocenters. The summed E-state index contributed by atoms with van der Waals surface area (Å²) < 4.78 is 30.7. The molecule has 23 heavy (non-hydrogen) atoms. The maximum atomic E-state index is 12.8. The SMILES string of the molecule is COc1ccc2ncc(S(=O)(=O)c3cccc(Cl)c3)c(Cl)c2c1. The lowest BCUT2D eigenvalue weighted by atomic mass is 10.2. The molecule has 3 aromatic rings. The zero-order valence-electron chi connectivity index (χ0n) is 12.0. The fourth-order valence-corrected chi connectivity index (χ4v) is 4.29. The zero-order chi connectivity index (χ0) is 16.6. The third kappa shape index (κ3) is 2.87. The number of fused-ring (bicyclic) bond motifs is 1. The molecule has 0 saturated carbocycles. The Morgan fingerprint density at radius 3 is 2.57 bits per heavy atom. The van der Waals surface area contributed by atoms with Crippen LogP contribution in [0.3, 0.4) is 0 Å². The van der Waals surface area contributed by atoms with E-state index in [-0.39, 0.29) is 14.8 Å². The van der Waals surface area contributed by atoms with Gasteiger partial charge in [0.05, 0.1) is 22.5 Å². The molecule has 0 bridgehead atoms. The number of rotatable bonds is 3. The van der Waals surface area contributed by atoms with Crippen molar-refractivity contribution in [2.45, 2.75) is 9.79 Å². The second kappa shape index (κ2) is 6.00. The van der Waals surface area contributed by atoms with E-state index in [1.54, 1.807) is 30.3 Å². The number of pyridine rings is 1. The first-order chi connectivity index (χ1) is 10.9. The third-order valence-corrected chi connectivity index (χ3v) is 5.89. The number of sulfone groups is 1. The van der Waals surface area contributed by atoms with Gasteiger partial charge in [-0.3, -0.25) is 4.98 Å². The number of hydrogen-bond acceptors (Lipinski definition) is 4. The first-order valence-electron chi connectivity index (χ1n) is 6.56. The van der Waals surface area contributed by atoms with Crippen LogP contribution in [0.4, 0.5) is 0 Å². The third-order valence-electron chi connectivity index (χ3n) is 3.37. The van der Waals surface area contributed by atoms with Crippen LogP contribution in [0.2, 0.25) is 10.0 Å². The van der Waals surface area contributed by atoms with Crippen molar-refractivity contribution in [1.29, 1.82) is 0 Å². The van der Waals surface area contributed by atoms with Gasteiger partial charge >= 0.3 is 0 Å². The molecular weight excluding hydrogens is 357 g/mol. The number of halogens is 2. The summed E-state index contributed by atoms with van der Waals surface area (Å²) in [6.07, 6.45) is 1.26. The van der Waals surface area contributed by atoms with E-state index in [2.05, 4.69) is 4.98 Å². The van der Waals surface area contributed by atoms with Crippen LogP contribution in [0, 0.1) is 0 Å². The standard InChI is InChI=1S/C16H11Cl2NO3S/c1-22-11-5-6-14-13(8-11)16(18)15(9-19-14)23(20,21)12-4-2-3-10(17)7-12/h2-9H,1H3. The monoisotopic (exact) mass is 367 g/mol. The van der Waals surface area contributed by atoms with Gasteiger partial charge in [0, 0.05) is 16.6 Å². The Morgan fingerprint density at radius 2 is 1.87 bits per heavy atom. The maximum Gasteiger partial charge on any atom is 0.209 e. The van der Waals surface area contributed by atoms with Crippen molar-refractivity contribution >= 4 is 43.9 Å². The van der Waals surface area contributed by atoms with E-state index in [0.717, 1.165) is 0 Å². The van der Waals surface area contributed by atoms with Gasteiger partial charge in [0.1, 0.15) is 10.6 Å². The second-order valence-electron chi connectivity index (χ2n) is 4.78. The van der Waals surface area contributed by atoms with Gasteiger partial charge < -0.3 is 4.74 Å². The largest absolute Gasteiger partial charge is 0.497 e. The van der Waals surface area contributed by atoms with Gasteiger partial charge in [-0.2, -0.15) is 0 Å². The highest BCUT2D eigenvalue weighted by atomic mass is 35.5. The Kier molecular flexibility index (Phi) is 4.19. The predicted octanol–water partition coefficient (Wildman–Crippen LogP) is 4.38. The molecule has 0 amide bonds. The van der Waals surface area contributed by atoms with Crippen LogP contribution < -0.4 is 4.74 Å². The molecule has 7 heteroatoms. The highest BCUT2D eigenvalue weighted by Gasteiger charge is 2.23. The average Bonchev–Trinajstić information content (AvgIpc) is 2.54. The summed E-state index contributed by atoms with van der Waals surface area (Å²) in [7, 11) is -2.30. The summed E-state index contributed by atoms with van der Waals surface area (Å²) in [6.45, 7) is 0. The van der Waals surface area contributed by atoms with E-state index in [1.165, 1.54) is 25.4 Å². The Morgan fingerprint density at radius 1 is 1.09 bits per heavy atom. The molecule has 0 N–H and O–H groups in total. The fourth-order valence-electron chi connectivity index (χ4n) is 2.20. The van der Waals surface area contributed by atoms with E-state index in [1.807, 2.05) is 0 Å². The van der Waals surface area contributed by atoms with Gasteiger partial charge in [-0.05, 0) is 36.4 Å². The van der Waals surface area contributed by atoms with Crippen LogP contribution in [0.5, 0.6) is 5.75 Å². The van der Waals surface area contributed by atoms with Crippen molar-refractivity contribution < 1.29 is 13.2 Å². The Hall–Kier alpha value is -1.82. The number of ether oxygens (including phenoxy) is 1. The van der Waals surface area contributed by atoms with Crippen LogP contribution in [0.15, 0.2) is 58.5 Å². The smallest absolute Gasteiger partial charge is 0.209 e. The normalized spacial score (nSPS) is 11.6. The summed E-state index contributed by atoms with van der Waals surface area (Å²) in [4.78, 5) is 4.18. The summed E-state index contributed by atoms with van der Waals surface area (Å²) in [5.41, 5.74) is 0.584. The first kappa shape index (κ1) is 16.1. The minimum atomic E-state index is -3.82. The Labute approximate surface area is 143 Å². The molecule has 0 aliphatic rings. The van der Waals surface area contributed by atoms with Crippen LogP contribution in [-0.4, -0.2) is 20.5 Å². The number of methoxy groups -OCH3 is 1. The molecule has 4 nitrogen and oxygen atoms in total. The van der Waals surface area contributed by atoms with Crippen LogP contribution in [-0.2, 0) is 9.84 Å². The Balaban J connectivity index is 2.25. The molecular formula is C16H11Cl2NO3S. The van der Waals surface area contributed by atoms with Crippen molar-refractivity contribution in [3.8, 4) is 5.75 Å². The molecule has 1 heterocycles. The lowest BCUT2D eigenvalue weighted by Crippen LogP contribution is -2.04. The van der Waals surface area contributed by atoms with Crippen LogP contribution in [0.1, 0.15) is 0 Å². The number of hydrogen-bond donors (Lipinski definition) is 0. The van der Waals surface area contributed by atoms with Crippen molar-refractivity contribution in [2.24, 2.45) is 0 Å². The second-order valence-corrected chi connectivity index (χ2v) is 7.51. The van der Waals surface area contributed by atoms with Crippen molar-refractivity contribution in [3.63, 3.8) is 0 Å². The molecule has 0 saturated heterocycles. The highest BCUT2D eigenvalue weighted by molar-refractivity contribution is 7.91. The molecule has 1 aromatic heterocycles. The molecule has 0 radical (unpaired) electrons. The summed E-state index contributed by atoms with van der Waals surface area (Å²) in [5, 5.41) is 0.945. The average molecular weight is 368 g/mol. The van der Waals surface area contributed by atoms with Gasteiger partial charge in [0.25, 0.3) is 0 Å². The van der Waals surface area contributed by atoms with Crippen molar-refractivity contribution in [3.05, 3.63) is 58.7 Å². The van der Waals surface area contributed by atoms with Gasteiger partial charge in [0.2, 0.25) is 9.84 Å². The highest BCUT2D eigenvalue weighted by Crippen LogP contribution is 2.34. The molecule has 0 aliphatic heterocycles. The van der Waals surface area contributed by atoms with Gasteiger partial charge in [-0.15, -0.1) is 0 Å². The van der Waals surface area contributed by atoms with Gasteiger partial charge in [-0.1, -0.05) is 29.3 Å². The molecule has 0 fully saturated rings. The number of aromatic nitrogens is 1. The van der Waals surface area contributed by atoms with E-state index < -0.39 is 9.84 Å². The van der Waals surface area contributed by atoms with E-state index >= 15 is 0 Å². The van der Waals surface area contributed by atoms with Crippen molar-refractivity contribution in [2.75, 3.05) is 7.11 Å². The van der Waals surface area contributed by atoms with E-state index in [0.29, 0.717) is 21.7 Å². The molecule has 0 spiro atoms. The molecule has 0 atom stereocenters. The van der Waals surface area contributed by atoms with E-state index in [9.17, 15) is 8.42 Å². The van der Waals surface area contributed by atoms with Crippen molar-refractivity contribution in [1.82, 2.24) is 4.98 Å². The van der Waals surface area contributed by atoms with Gasteiger partial charge in [0.15, 0.2) is 0 Å². The predicted molar refractivity (Wildman–Crippen MR) is 90.2 cm³/mol. The minimum absolute atomic E-state index is 0.0657. The topological polar surface area (TPSA) is 56.3 Å². The lowest BCUT2D eigenvalue weighted by molar-refractivity contribution is 0.415. The summed E-state index contributed by atoms with van der Waals surface area (Å²) in [6, 6.07) is 11.1. The lowest BCUT2D eigenvalue weighted by Gasteiger charge is -2.10. The molecule has 0 aliphatic carbocycles. The number of benzene rings is 2. The summed E-state index contributed by atoms with van der Waals surface area (Å²) in [5.74, 6) is 0.568. The quantitative estimate of drug-likeness (QED) is 0.688. The molecule has 3 rings (SSSR count). The zero-order valence-corrected chi connectivity index (χ0v) is 14.3. The first-order valence-corrected chi connectivity index (χ1v) is 8.80. The maximum absolute atomic E-state index is 12.8. The van der Waals surface area contributed by atoms with Crippen LogP contribution >= 0.6 is 23.2 Å². The minimum Gasteiger partial charge on any atom is -0.497 e. The Bertz CT molecular complexity index is 1000. The van der Waals surface area contributed by atoms with Gasteiger partial charge in [-0.25, -0.2) is 8.42 Å². The number of nitrogens with zero attached hydrogens (tertiary/aromatic N) is 1. The molecule has 118 valence electrons. The van der Waals surface area contributed by atoms with E-state index in [4.69, 9.17) is 27.9 Å². The molecule has 2 aromatic carbocycles. The summed E-state index contributed by atoms with van der Waals surface area (Å²) >= 11 is 12.2.